The molecule has 0 radical (unpaired) electrons. The molecule has 1 aromatic heterocycles. The fourth-order valence-corrected chi connectivity index (χ4v) is 1.87. The van der Waals surface area contributed by atoms with Crippen molar-refractivity contribution in [2.45, 2.75) is 18.9 Å². The van der Waals surface area contributed by atoms with E-state index in [0.717, 1.165) is 25.0 Å². The summed E-state index contributed by atoms with van der Waals surface area (Å²) in [5.41, 5.74) is 0.816. The molecule has 0 bridgehead atoms. The number of hydrogen-bond donors (Lipinski definition) is 1. The first kappa shape index (κ1) is 10.3. The molecule has 5 heteroatoms. The Kier molecular flexibility index (Phi) is 2.53. The Morgan fingerprint density at radius 2 is 2.06 bits per heavy atom. The predicted octanol–water partition coefficient (Wildman–Crippen LogP) is 2.29. The molecule has 5 nitrogen and oxygen atoms in total. The van der Waals surface area contributed by atoms with Gasteiger partial charge in [-0.2, -0.15) is 4.98 Å². The van der Waals surface area contributed by atoms with Crippen LogP contribution in [0.4, 0.5) is 0 Å². The largest absolute Gasteiger partial charge is 0.508 e. The summed E-state index contributed by atoms with van der Waals surface area (Å²) in [5, 5.41) is 13.1. The van der Waals surface area contributed by atoms with Crippen LogP contribution in [0.5, 0.6) is 5.75 Å². The molecule has 1 aliphatic rings. The molecule has 0 unspecified atom stereocenters. The van der Waals surface area contributed by atoms with Gasteiger partial charge >= 0.3 is 0 Å². The topological polar surface area (TPSA) is 68.4 Å². The normalized spacial score (nSPS) is 19.6. The summed E-state index contributed by atoms with van der Waals surface area (Å²) in [4.78, 5) is 4.31. The summed E-state index contributed by atoms with van der Waals surface area (Å²) in [6.07, 6.45) is 1.90. The standard InChI is InChI=1S/C12H12N2O3/c15-9-5-3-8(4-6-9)11-13-12(17-14-11)10-2-1-7-16-10/h3-6,10,15H,1-2,7H2/t10-/m0/s1. The van der Waals surface area contributed by atoms with Crippen LogP contribution in [0.3, 0.4) is 0 Å². The third-order valence-corrected chi connectivity index (χ3v) is 2.77. The van der Waals surface area contributed by atoms with Crippen molar-refractivity contribution in [3.8, 4) is 17.1 Å². The number of rotatable bonds is 2. The molecule has 3 rings (SSSR count). The molecule has 1 N–H and O–H groups in total. The van der Waals surface area contributed by atoms with Crippen LogP contribution in [0.25, 0.3) is 11.4 Å². The van der Waals surface area contributed by atoms with Crippen molar-refractivity contribution >= 4 is 0 Å². The molecular weight excluding hydrogens is 220 g/mol. The smallest absolute Gasteiger partial charge is 0.256 e. The van der Waals surface area contributed by atoms with Crippen LogP contribution < -0.4 is 0 Å². The van der Waals surface area contributed by atoms with E-state index in [1.54, 1.807) is 24.3 Å². The molecule has 0 amide bonds. The Morgan fingerprint density at radius 3 is 2.76 bits per heavy atom. The first-order valence-corrected chi connectivity index (χ1v) is 5.57. The summed E-state index contributed by atoms with van der Waals surface area (Å²) >= 11 is 0. The van der Waals surface area contributed by atoms with Gasteiger partial charge in [-0.15, -0.1) is 0 Å². The molecule has 88 valence electrons. The van der Waals surface area contributed by atoms with Gasteiger partial charge in [0, 0.05) is 12.2 Å². The second-order valence-electron chi connectivity index (χ2n) is 4.00. The first-order valence-electron chi connectivity index (χ1n) is 5.57. The minimum Gasteiger partial charge on any atom is -0.508 e. The SMILES string of the molecule is Oc1ccc(-c2noc([C@@H]3CCCO3)n2)cc1. The summed E-state index contributed by atoms with van der Waals surface area (Å²) in [6, 6.07) is 6.69. The van der Waals surface area contributed by atoms with Crippen molar-refractivity contribution in [3.05, 3.63) is 30.2 Å². The second kappa shape index (κ2) is 4.18. The zero-order chi connectivity index (χ0) is 11.7. The minimum atomic E-state index is -0.0617. The highest BCUT2D eigenvalue weighted by molar-refractivity contribution is 5.55. The van der Waals surface area contributed by atoms with E-state index < -0.39 is 0 Å². The molecule has 1 aliphatic heterocycles. The van der Waals surface area contributed by atoms with Crippen molar-refractivity contribution in [1.82, 2.24) is 10.1 Å². The van der Waals surface area contributed by atoms with E-state index in [-0.39, 0.29) is 11.9 Å². The molecule has 1 aromatic carbocycles. The van der Waals surface area contributed by atoms with Gasteiger partial charge in [0.2, 0.25) is 5.82 Å². The van der Waals surface area contributed by atoms with E-state index in [2.05, 4.69) is 10.1 Å². The monoisotopic (exact) mass is 232 g/mol. The molecule has 17 heavy (non-hydrogen) atoms. The number of nitrogens with zero attached hydrogens (tertiary/aromatic N) is 2. The van der Waals surface area contributed by atoms with Crippen LogP contribution in [0, 0.1) is 0 Å². The molecule has 0 spiro atoms. The third-order valence-electron chi connectivity index (χ3n) is 2.77. The Morgan fingerprint density at radius 1 is 1.24 bits per heavy atom. The van der Waals surface area contributed by atoms with E-state index in [9.17, 15) is 5.11 Å². The molecule has 0 aliphatic carbocycles. The molecule has 2 aromatic rings. The van der Waals surface area contributed by atoms with E-state index >= 15 is 0 Å². The van der Waals surface area contributed by atoms with Crippen molar-refractivity contribution < 1.29 is 14.4 Å². The number of hydrogen-bond acceptors (Lipinski definition) is 5. The van der Waals surface area contributed by atoms with Crippen LogP contribution in [0.15, 0.2) is 28.8 Å². The van der Waals surface area contributed by atoms with E-state index in [1.165, 1.54) is 0 Å². The highest BCUT2D eigenvalue weighted by Crippen LogP contribution is 2.28. The average Bonchev–Trinajstić information content (AvgIpc) is 3.00. The number of phenols is 1. The first-order chi connectivity index (χ1) is 8.33. The summed E-state index contributed by atoms with van der Waals surface area (Å²) in [6.45, 7) is 0.752. The van der Waals surface area contributed by atoms with Gasteiger partial charge < -0.3 is 14.4 Å². The number of benzene rings is 1. The fourth-order valence-electron chi connectivity index (χ4n) is 1.87. The molecule has 1 atom stereocenters. The van der Waals surface area contributed by atoms with Gasteiger partial charge in [-0.1, -0.05) is 5.16 Å². The summed E-state index contributed by atoms with van der Waals surface area (Å²) in [7, 11) is 0. The lowest BCUT2D eigenvalue weighted by molar-refractivity contribution is 0.0835. The van der Waals surface area contributed by atoms with Gasteiger partial charge in [0.05, 0.1) is 0 Å². The van der Waals surface area contributed by atoms with Gasteiger partial charge in [0.1, 0.15) is 11.9 Å². The lowest BCUT2D eigenvalue weighted by atomic mass is 10.2. The summed E-state index contributed by atoms with van der Waals surface area (Å²) < 4.78 is 10.7. The van der Waals surface area contributed by atoms with Crippen LogP contribution in [0.1, 0.15) is 24.8 Å². The Hall–Kier alpha value is -1.88. The maximum Gasteiger partial charge on any atom is 0.256 e. The zero-order valence-corrected chi connectivity index (χ0v) is 9.17. The number of aromatic nitrogens is 2. The van der Waals surface area contributed by atoms with E-state index in [4.69, 9.17) is 9.26 Å². The Labute approximate surface area is 98.0 Å². The van der Waals surface area contributed by atoms with Crippen molar-refractivity contribution in [1.29, 1.82) is 0 Å². The van der Waals surface area contributed by atoms with Crippen LogP contribution in [-0.2, 0) is 4.74 Å². The second-order valence-corrected chi connectivity index (χ2v) is 4.00. The highest BCUT2D eigenvalue weighted by Gasteiger charge is 2.24. The predicted molar refractivity (Wildman–Crippen MR) is 59.3 cm³/mol. The summed E-state index contributed by atoms with van der Waals surface area (Å²) in [5.74, 6) is 1.28. The van der Waals surface area contributed by atoms with Crippen molar-refractivity contribution in [2.75, 3.05) is 6.61 Å². The number of ether oxygens (including phenoxy) is 1. The van der Waals surface area contributed by atoms with Gasteiger partial charge in [-0.05, 0) is 37.1 Å². The van der Waals surface area contributed by atoms with Crippen LogP contribution >= 0.6 is 0 Å². The number of aromatic hydroxyl groups is 1. The van der Waals surface area contributed by atoms with Crippen molar-refractivity contribution in [3.63, 3.8) is 0 Å². The van der Waals surface area contributed by atoms with Gasteiger partial charge in [0.25, 0.3) is 5.89 Å². The average molecular weight is 232 g/mol. The quantitative estimate of drug-likeness (QED) is 0.860. The molecule has 1 saturated heterocycles. The van der Waals surface area contributed by atoms with Gasteiger partial charge in [-0.3, -0.25) is 0 Å². The fraction of sp³-hybridized carbons (Fsp3) is 0.333. The molecule has 0 saturated carbocycles. The van der Waals surface area contributed by atoms with Gasteiger partial charge in [0.15, 0.2) is 0 Å². The molecule has 2 heterocycles. The lowest BCUT2D eigenvalue weighted by Gasteiger charge is -2.00. The van der Waals surface area contributed by atoms with Crippen LogP contribution in [0.2, 0.25) is 0 Å². The number of phenolic OH excluding ortho intramolecular Hbond substituents is 1. The van der Waals surface area contributed by atoms with E-state index in [0.29, 0.717) is 11.7 Å². The maximum atomic E-state index is 9.20. The van der Waals surface area contributed by atoms with Crippen LogP contribution in [-0.4, -0.2) is 21.9 Å². The maximum absolute atomic E-state index is 9.20. The molecule has 1 fully saturated rings. The minimum absolute atomic E-state index is 0.0617. The highest BCUT2D eigenvalue weighted by atomic mass is 16.5. The lowest BCUT2D eigenvalue weighted by Crippen LogP contribution is -1.95. The molecular formula is C12H12N2O3. The Balaban J connectivity index is 1.86. The Bertz CT molecular complexity index is 501. The third kappa shape index (κ3) is 2.01. The zero-order valence-electron chi connectivity index (χ0n) is 9.17. The van der Waals surface area contributed by atoms with Gasteiger partial charge in [-0.25, -0.2) is 0 Å². The van der Waals surface area contributed by atoms with E-state index in [1.807, 2.05) is 0 Å². The van der Waals surface area contributed by atoms with Crippen molar-refractivity contribution in [2.24, 2.45) is 0 Å².